The Labute approximate surface area is 190 Å². The monoisotopic (exact) mass is 455 g/mol. The Morgan fingerprint density at radius 3 is 2.73 bits per heavy atom. The van der Waals surface area contributed by atoms with E-state index in [1.807, 2.05) is 38.1 Å². The highest BCUT2D eigenvalue weighted by Crippen LogP contribution is 2.47. The molecule has 1 aliphatic heterocycles. The van der Waals surface area contributed by atoms with Gasteiger partial charge in [0.25, 0.3) is 5.91 Å². The van der Waals surface area contributed by atoms with Crippen LogP contribution in [0, 0.1) is 25.2 Å². The van der Waals surface area contributed by atoms with Gasteiger partial charge in [0.05, 0.1) is 12.1 Å². The van der Waals surface area contributed by atoms with E-state index in [0.717, 1.165) is 28.1 Å². The maximum absolute atomic E-state index is 13.0. The molecule has 1 amide bonds. The highest BCUT2D eigenvalue weighted by atomic mass is 19.4. The molecule has 8 heteroatoms. The number of nitriles is 1. The molecule has 1 spiro atoms. The third kappa shape index (κ3) is 4.58. The van der Waals surface area contributed by atoms with Gasteiger partial charge in [-0.2, -0.15) is 18.4 Å². The first-order valence-corrected chi connectivity index (χ1v) is 10.9. The summed E-state index contributed by atoms with van der Waals surface area (Å²) >= 11 is 0. The summed E-state index contributed by atoms with van der Waals surface area (Å²) in [5.74, 6) is 0.112. The molecule has 172 valence electrons. The third-order valence-electron chi connectivity index (χ3n) is 6.31. The van der Waals surface area contributed by atoms with Crippen molar-refractivity contribution in [2.45, 2.75) is 57.7 Å². The van der Waals surface area contributed by atoms with Crippen LogP contribution in [0.25, 0.3) is 5.57 Å². The molecule has 0 fully saturated rings. The molecule has 2 heterocycles. The molecule has 2 aliphatic rings. The van der Waals surface area contributed by atoms with Crippen LogP contribution in [0.2, 0.25) is 0 Å². The molecular weight excluding hydrogens is 431 g/mol. The largest absolute Gasteiger partial charge is 0.494 e. The number of nitrogens with zero attached hydrogens (tertiary/aromatic N) is 2. The van der Waals surface area contributed by atoms with Crippen molar-refractivity contribution in [1.29, 1.82) is 5.26 Å². The second-order valence-corrected chi connectivity index (χ2v) is 8.65. The summed E-state index contributed by atoms with van der Waals surface area (Å²) in [6, 6.07) is 11.3. The minimum Gasteiger partial charge on any atom is -0.494 e. The molecular formula is C25H24F3N3O2. The number of amides is 1. The van der Waals surface area contributed by atoms with E-state index in [1.54, 1.807) is 6.07 Å². The number of carbonyl (C=O) groups is 1. The van der Waals surface area contributed by atoms with Crippen molar-refractivity contribution in [1.82, 2.24) is 10.3 Å². The van der Waals surface area contributed by atoms with Crippen LogP contribution in [0.5, 0.6) is 5.75 Å². The first-order chi connectivity index (χ1) is 15.6. The van der Waals surface area contributed by atoms with Gasteiger partial charge >= 0.3 is 6.18 Å². The Hall–Kier alpha value is -3.34. The van der Waals surface area contributed by atoms with E-state index in [4.69, 9.17) is 4.74 Å². The molecule has 1 aromatic carbocycles. The normalized spacial score (nSPS) is 19.9. The summed E-state index contributed by atoms with van der Waals surface area (Å²) in [6.07, 6.45) is -3.36. The maximum atomic E-state index is 13.0. The Balaban J connectivity index is 1.60. The molecule has 0 radical (unpaired) electrons. The van der Waals surface area contributed by atoms with Crippen LogP contribution < -0.4 is 10.1 Å². The number of hydrogen-bond acceptors (Lipinski definition) is 4. The van der Waals surface area contributed by atoms with Crippen LogP contribution in [0.1, 0.15) is 53.8 Å². The van der Waals surface area contributed by atoms with Crippen LogP contribution in [-0.4, -0.2) is 23.7 Å². The summed E-state index contributed by atoms with van der Waals surface area (Å²) < 4.78 is 42.5. The smallest absolute Gasteiger partial charge is 0.389 e. The van der Waals surface area contributed by atoms with Crippen LogP contribution in [0.3, 0.4) is 0 Å². The number of aromatic nitrogens is 1. The van der Waals surface area contributed by atoms with Crippen molar-refractivity contribution >= 4 is 11.5 Å². The molecule has 0 bridgehead atoms. The third-order valence-corrected chi connectivity index (χ3v) is 6.31. The second-order valence-electron chi connectivity index (χ2n) is 8.65. The van der Waals surface area contributed by atoms with Crippen LogP contribution in [0.4, 0.5) is 13.2 Å². The number of hydrogen-bond donors (Lipinski definition) is 1. The Morgan fingerprint density at radius 1 is 1.24 bits per heavy atom. The summed E-state index contributed by atoms with van der Waals surface area (Å²) in [6.45, 7) is 3.74. The summed E-state index contributed by atoms with van der Waals surface area (Å²) in [5.41, 5.74) is 4.51. The van der Waals surface area contributed by atoms with Crippen LogP contribution in [0.15, 0.2) is 35.9 Å². The molecule has 1 atom stereocenters. The average molecular weight is 455 g/mol. The van der Waals surface area contributed by atoms with E-state index in [0.29, 0.717) is 30.6 Å². The van der Waals surface area contributed by atoms with Gasteiger partial charge in [-0.25, -0.2) is 0 Å². The fraction of sp³-hybridized carbons (Fsp3) is 0.400. The minimum atomic E-state index is -4.19. The zero-order chi connectivity index (χ0) is 23.8. The number of rotatable bonds is 5. The standard InChI is InChI=1S/C25H24F3N3O2/c1-15-4-6-19(16(2)30-15)20-13-24(31-23(32)21(20)14-29)10-8-17-12-18(5-7-22(17)24)33-11-3-9-25(26,27)28/h4-7,12H,3,8-11,13H2,1-2H3,(H,31,32). The lowest BCUT2D eigenvalue weighted by atomic mass is 9.78. The second kappa shape index (κ2) is 8.54. The van der Waals surface area contributed by atoms with E-state index >= 15 is 0 Å². The van der Waals surface area contributed by atoms with Gasteiger partial charge in [0, 0.05) is 29.8 Å². The van der Waals surface area contributed by atoms with Gasteiger partial charge in [-0.3, -0.25) is 9.78 Å². The molecule has 1 aliphatic carbocycles. The Kier molecular flexibility index (Phi) is 5.91. The minimum absolute atomic E-state index is 0.0156. The number of benzene rings is 1. The fourth-order valence-corrected chi connectivity index (χ4v) is 4.80. The molecule has 5 nitrogen and oxygen atoms in total. The van der Waals surface area contributed by atoms with Gasteiger partial charge < -0.3 is 10.1 Å². The Bertz CT molecular complexity index is 1180. The predicted molar refractivity (Wildman–Crippen MR) is 116 cm³/mol. The molecule has 0 saturated carbocycles. The van der Waals surface area contributed by atoms with Crippen molar-refractivity contribution in [3.63, 3.8) is 0 Å². The highest BCUT2D eigenvalue weighted by molar-refractivity contribution is 6.07. The van der Waals surface area contributed by atoms with Crippen molar-refractivity contribution < 1.29 is 22.7 Å². The number of ether oxygens (including phenoxy) is 1. The lowest BCUT2D eigenvalue weighted by molar-refractivity contribution is -0.136. The first kappa shape index (κ1) is 22.8. The maximum Gasteiger partial charge on any atom is 0.389 e. The predicted octanol–water partition coefficient (Wildman–Crippen LogP) is 5.06. The number of fused-ring (bicyclic) bond motifs is 2. The van der Waals surface area contributed by atoms with E-state index < -0.39 is 24.0 Å². The van der Waals surface area contributed by atoms with E-state index in [-0.39, 0.29) is 18.6 Å². The fourth-order valence-electron chi connectivity index (χ4n) is 4.80. The quantitative estimate of drug-likeness (QED) is 0.640. The van der Waals surface area contributed by atoms with Gasteiger partial charge in [0.1, 0.15) is 17.4 Å². The lowest BCUT2D eigenvalue weighted by Crippen LogP contribution is -2.48. The SMILES string of the molecule is Cc1ccc(C2=C(C#N)C(=O)NC3(CCc4cc(OCCCC(F)(F)F)ccc43)C2)c(C)n1. The molecule has 1 N–H and O–H groups in total. The van der Waals surface area contributed by atoms with E-state index in [2.05, 4.69) is 16.4 Å². The van der Waals surface area contributed by atoms with E-state index in [1.165, 1.54) is 0 Å². The number of aryl methyl sites for hydroxylation is 3. The number of carbonyl (C=O) groups excluding carboxylic acids is 1. The van der Waals surface area contributed by atoms with Gasteiger partial charge in [-0.05, 0) is 68.0 Å². The van der Waals surface area contributed by atoms with Crippen LogP contribution >= 0.6 is 0 Å². The van der Waals surface area contributed by atoms with Crippen molar-refractivity contribution in [2.24, 2.45) is 0 Å². The number of halogens is 3. The van der Waals surface area contributed by atoms with Crippen molar-refractivity contribution in [2.75, 3.05) is 6.61 Å². The van der Waals surface area contributed by atoms with Gasteiger partial charge in [0.15, 0.2) is 0 Å². The Morgan fingerprint density at radius 2 is 2.03 bits per heavy atom. The highest BCUT2D eigenvalue weighted by Gasteiger charge is 2.45. The summed E-state index contributed by atoms with van der Waals surface area (Å²) in [7, 11) is 0. The molecule has 33 heavy (non-hydrogen) atoms. The molecule has 1 aromatic heterocycles. The van der Waals surface area contributed by atoms with Crippen molar-refractivity contribution in [3.8, 4) is 11.8 Å². The number of alkyl halides is 3. The zero-order valence-electron chi connectivity index (χ0n) is 18.5. The first-order valence-electron chi connectivity index (χ1n) is 10.9. The zero-order valence-corrected chi connectivity index (χ0v) is 18.5. The van der Waals surface area contributed by atoms with Gasteiger partial charge in [0.2, 0.25) is 0 Å². The topological polar surface area (TPSA) is 75.0 Å². The van der Waals surface area contributed by atoms with Gasteiger partial charge in [-0.1, -0.05) is 12.1 Å². The summed E-state index contributed by atoms with van der Waals surface area (Å²) in [5, 5.41) is 12.7. The van der Waals surface area contributed by atoms with E-state index in [9.17, 15) is 23.2 Å². The van der Waals surface area contributed by atoms with Crippen LogP contribution in [-0.2, 0) is 16.8 Å². The average Bonchev–Trinajstić information content (AvgIpc) is 3.07. The number of pyridine rings is 1. The molecule has 2 aromatic rings. The number of nitrogens with one attached hydrogen (secondary N) is 1. The summed E-state index contributed by atoms with van der Waals surface area (Å²) in [4.78, 5) is 17.5. The molecule has 4 rings (SSSR count). The molecule has 1 unspecified atom stereocenters. The molecule has 0 saturated heterocycles. The lowest BCUT2D eigenvalue weighted by Gasteiger charge is -2.37. The van der Waals surface area contributed by atoms with Crippen molar-refractivity contribution in [3.05, 3.63) is 64.0 Å². The van der Waals surface area contributed by atoms with Gasteiger partial charge in [-0.15, -0.1) is 0 Å².